The van der Waals surface area contributed by atoms with Gasteiger partial charge in [0.1, 0.15) is 18.8 Å². The van der Waals surface area contributed by atoms with Crippen molar-refractivity contribution in [2.45, 2.75) is 88.2 Å². The Labute approximate surface area is 438 Å². The maximum absolute atomic E-state index is 13.0. The van der Waals surface area contributed by atoms with E-state index in [1.165, 1.54) is 40.8 Å². The van der Waals surface area contributed by atoms with Crippen molar-refractivity contribution in [2.24, 2.45) is 0 Å². The van der Waals surface area contributed by atoms with Crippen molar-refractivity contribution in [3.8, 4) is 23.3 Å². The Hall–Kier alpha value is -6.82. The van der Waals surface area contributed by atoms with E-state index in [2.05, 4.69) is 116 Å². The largest absolute Gasteiger partial charge is 0.727 e. The lowest BCUT2D eigenvalue weighted by molar-refractivity contribution is -0.670. The van der Waals surface area contributed by atoms with Crippen LogP contribution >= 0.6 is 12.4 Å². The Kier molecular flexibility index (Phi) is 17.0. The molecular formula is C57H64ClN6O10-. The summed E-state index contributed by atoms with van der Waals surface area (Å²) >= 11 is 0. The van der Waals surface area contributed by atoms with Crippen molar-refractivity contribution >= 4 is 29.9 Å². The van der Waals surface area contributed by atoms with E-state index in [9.17, 15) is 4.79 Å². The highest BCUT2D eigenvalue weighted by Gasteiger charge is 2.47. The van der Waals surface area contributed by atoms with Gasteiger partial charge in [0.25, 0.3) is 11.8 Å². The summed E-state index contributed by atoms with van der Waals surface area (Å²) in [5.41, 5.74) is 9.76. The lowest BCUT2D eigenvalue weighted by Crippen LogP contribution is -2.46. The first kappa shape index (κ1) is 53.5. The van der Waals surface area contributed by atoms with Crippen molar-refractivity contribution in [2.75, 3.05) is 62.7 Å². The van der Waals surface area contributed by atoms with Crippen LogP contribution in [0.4, 0.5) is 16.2 Å². The minimum absolute atomic E-state index is 0. The number of halogens is 1. The van der Waals surface area contributed by atoms with Gasteiger partial charge in [-0.05, 0) is 142 Å². The summed E-state index contributed by atoms with van der Waals surface area (Å²) in [5, 5.41) is 16.6. The Balaban J connectivity index is 0.000000185. The number of pyridine rings is 2. The third kappa shape index (κ3) is 11.7. The number of carbonyl (C=O) groups is 1. The van der Waals surface area contributed by atoms with Crippen LogP contribution in [0.3, 0.4) is 0 Å². The van der Waals surface area contributed by atoms with Crippen molar-refractivity contribution in [1.82, 2.24) is 19.8 Å². The number of aromatic nitrogens is 2. The number of fused-ring (bicyclic) bond motifs is 6. The van der Waals surface area contributed by atoms with Crippen LogP contribution in [0.25, 0.3) is 0 Å². The van der Waals surface area contributed by atoms with Crippen molar-refractivity contribution < 1.29 is 39.0 Å². The summed E-state index contributed by atoms with van der Waals surface area (Å²) < 4.78 is 29.5. The Morgan fingerprint density at radius 3 is 1.65 bits per heavy atom. The second-order valence-electron chi connectivity index (χ2n) is 20.5. The SMILES string of the molecule is CC(C)(C)OC(=O)N1CC2(CCN(Cc3ccc([C@H]4COc5cccnc5O4)cc3)CC2)c2ccccc21.Cl.O=O.[O-]O.c1ccc2c(c1)NCC21CCN(Cc2ccc([C@H]3COc4cccnc4O3)cc2)CC1. The summed E-state index contributed by atoms with van der Waals surface area (Å²) in [5.74, 6) is 2.54. The highest BCUT2D eigenvalue weighted by Crippen LogP contribution is 2.48. The minimum Gasteiger partial charge on any atom is -0.727 e. The zero-order valence-electron chi connectivity index (χ0n) is 42.0. The number of nitrogens with one attached hydrogen (secondary N) is 1. The fourth-order valence-corrected chi connectivity index (χ4v) is 11.1. The Bertz CT molecular complexity index is 2800. The molecule has 4 aromatic carbocycles. The maximum Gasteiger partial charge on any atom is 0.414 e. The van der Waals surface area contributed by atoms with E-state index in [-0.39, 0.29) is 36.1 Å². The molecule has 12 rings (SSSR count). The van der Waals surface area contributed by atoms with E-state index in [0.29, 0.717) is 42.7 Å². The molecule has 6 aliphatic rings. The van der Waals surface area contributed by atoms with Crippen LogP contribution in [-0.4, -0.2) is 89.2 Å². The first-order valence-corrected chi connectivity index (χ1v) is 25.0. The molecule has 6 aliphatic heterocycles. The molecule has 0 saturated carbocycles. The third-order valence-corrected chi connectivity index (χ3v) is 14.9. The minimum atomic E-state index is -0.516. The molecule has 6 aromatic rings. The molecule has 17 heteroatoms. The number of carbonyl (C=O) groups excluding carboxylic acids is 1. The molecule has 0 aliphatic carbocycles. The zero-order valence-corrected chi connectivity index (χ0v) is 42.8. The van der Waals surface area contributed by atoms with E-state index in [1.54, 1.807) is 12.4 Å². The number of ether oxygens (including phenoxy) is 5. The topological polar surface area (TPSA) is 188 Å². The first-order valence-electron chi connectivity index (χ1n) is 25.0. The standard InChI is InChI=1S/C31H35N3O4.C26H27N3O2.ClH.H2O2.O2/c1-30(2,3)38-29(35)34-21-31(24-7-4-5-8-25(24)34)14-17-33(18-15-31)19-22-10-12-23(13-11-22)27-20-36-26-9-6-16-32-28(26)37-27;1-2-5-22-21(4-1)26(18-28-22)11-14-29(15-12-26)16-19-7-9-20(10-8-19)24-17-30-23-6-3-13-27-25(23)31-24;;2*1-2/h4-13,16,27H,14-15,17-21H2,1-3H3;1-10,13,24,28H,11-12,14-18H2;1H;1-2H;/p-1/t27-;24-;;;/m11.../s1. The van der Waals surface area contributed by atoms with E-state index in [1.807, 2.05) is 56.0 Å². The molecule has 2 atom stereocenters. The van der Waals surface area contributed by atoms with E-state index < -0.39 is 5.60 Å². The third-order valence-electron chi connectivity index (χ3n) is 14.9. The quantitative estimate of drug-likeness (QED) is 0.118. The van der Waals surface area contributed by atoms with Gasteiger partial charge in [-0.2, -0.15) is 0 Å². The first-order chi connectivity index (χ1) is 35.6. The van der Waals surface area contributed by atoms with Crippen LogP contribution in [0.5, 0.6) is 23.3 Å². The molecule has 8 heterocycles. The highest BCUT2D eigenvalue weighted by atomic mass is 35.5. The number of likely N-dealkylation sites (tertiary alicyclic amines) is 2. The monoisotopic (exact) mass is 1030 g/mol. The van der Waals surface area contributed by atoms with Crippen LogP contribution in [0.1, 0.15) is 92.0 Å². The van der Waals surface area contributed by atoms with Gasteiger partial charge in [0.15, 0.2) is 23.7 Å². The highest BCUT2D eigenvalue weighted by molar-refractivity contribution is 5.91. The second-order valence-corrected chi connectivity index (χ2v) is 20.5. The van der Waals surface area contributed by atoms with Gasteiger partial charge >= 0.3 is 6.09 Å². The van der Waals surface area contributed by atoms with Crippen LogP contribution in [-0.2, 0) is 28.7 Å². The molecule has 1 amide bonds. The number of benzene rings is 4. The average Bonchev–Trinajstić information content (AvgIpc) is 3.97. The predicted octanol–water partition coefficient (Wildman–Crippen LogP) is 9.74. The molecule has 16 nitrogen and oxygen atoms in total. The maximum atomic E-state index is 13.0. The van der Waals surface area contributed by atoms with Crippen LogP contribution in [0, 0.1) is 9.93 Å². The molecule has 2 fully saturated rings. The molecule has 390 valence electrons. The average molecular weight is 1030 g/mol. The Morgan fingerprint density at radius 1 is 0.662 bits per heavy atom. The smallest absolute Gasteiger partial charge is 0.414 e. The number of amides is 1. The molecule has 0 radical (unpaired) electrons. The van der Waals surface area contributed by atoms with Crippen molar-refractivity contribution in [3.63, 3.8) is 0 Å². The summed E-state index contributed by atoms with van der Waals surface area (Å²) in [4.78, 5) is 42.5. The predicted molar refractivity (Wildman–Crippen MR) is 283 cm³/mol. The number of rotatable bonds is 6. The van der Waals surface area contributed by atoms with Gasteiger partial charge < -0.3 is 39.5 Å². The van der Waals surface area contributed by atoms with Crippen molar-refractivity contribution in [3.05, 3.63) is 177 Å². The van der Waals surface area contributed by atoms with Gasteiger partial charge in [0.2, 0.25) is 0 Å². The van der Waals surface area contributed by atoms with Crippen LogP contribution < -0.4 is 34.4 Å². The van der Waals surface area contributed by atoms with E-state index in [0.717, 1.165) is 81.2 Å². The fraction of sp³-hybridized carbons (Fsp3) is 0.386. The van der Waals surface area contributed by atoms with Crippen LogP contribution in [0.2, 0.25) is 0 Å². The summed E-state index contributed by atoms with van der Waals surface area (Å²) in [6.07, 6.45) is 7.40. The van der Waals surface area contributed by atoms with Gasteiger partial charge in [-0.25, -0.2) is 14.8 Å². The van der Waals surface area contributed by atoms with Gasteiger partial charge in [-0.15, -0.1) is 12.4 Å². The van der Waals surface area contributed by atoms with Crippen LogP contribution in [0.15, 0.2) is 134 Å². The van der Waals surface area contributed by atoms with E-state index in [4.69, 9.17) is 44.1 Å². The summed E-state index contributed by atoms with van der Waals surface area (Å²) in [7, 11) is 0. The molecule has 74 heavy (non-hydrogen) atoms. The number of hydrogen-bond donors (Lipinski definition) is 2. The molecular weight excluding hydrogens is 964 g/mol. The van der Waals surface area contributed by atoms with Crippen molar-refractivity contribution in [1.29, 1.82) is 0 Å². The fourth-order valence-electron chi connectivity index (χ4n) is 11.1. The normalized spacial score (nSPS) is 19.6. The number of piperidine rings is 2. The lowest BCUT2D eigenvalue weighted by Gasteiger charge is -2.40. The molecule has 2 N–H and O–H groups in total. The van der Waals surface area contributed by atoms with Gasteiger partial charge in [-0.3, -0.25) is 14.7 Å². The summed E-state index contributed by atoms with van der Waals surface area (Å²) in [6.45, 7) is 14.7. The van der Waals surface area contributed by atoms with Gasteiger partial charge in [0, 0.05) is 65.0 Å². The van der Waals surface area contributed by atoms with Gasteiger partial charge in [-0.1, -0.05) is 84.9 Å². The summed E-state index contributed by atoms with van der Waals surface area (Å²) in [6, 6.07) is 42.1. The number of nitrogens with zero attached hydrogens (tertiary/aromatic N) is 5. The Morgan fingerprint density at radius 2 is 1.14 bits per heavy atom. The second kappa shape index (κ2) is 23.6. The number of hydrogen-bond acceptors (Lipinski definition) is 15. The zero-order chi connectivity index (χ0) is 51.0. The molecule has 0 bridgehead atoms. The molecule has 2 spiro atoms. The number of anilines is 2. The molecule has 2 aromatic heterocycles. The van der Waals surface area contributed by atoms with E-state index >= 15 is 0 Å². The molecule has 2 saturated heterocycles. The number of para-hydroxylation sites is 2. The molecule has 0 unspecified atom stereocenters. The lowest BCUT2D eigenvalue weighted by atomic mass is 9.74. The van der Waals surface area contributed by atoms with Gasteiger partial charge in [0.05, 0.1) is 5.69 Å².